The Hall–Kier alpha value is -2.73. The topological polar surface area (TPSA) is 95.8 Å². The molecule has 3 rings (SSSR count). The van der Waals surface area contributed by atoms with Gasteiger partial charge in [-0.1, -0.05) is 36.4 Å². The third kappa shape index (κ3) is 6.89. The van der Waals surface area contributed by atoms with Crippen molar-refractivity contribution >= 4 is 37.0 Å². The van der Waals surface area contributed by atoms with Gasteiger partial charge in [-0.2, -0.15) is 13.2 Å². The lowest BCUT2D eigenvalue weighted by atomic mass is 10.2. The first-order valence-corrected chi connectivity index (χ1v) is 11.9. The molecule has 1 N–H and O–H groups in total. The first kappa shape index (κ1) is 24.5. The molecule has 0 aliphatic rings. The lowest BCUT2D eigenvalue weighted by Crippen LogP contribution is -2.96. The van der Waals surface area contributed by atoms with Gasteiger partial charge in [-0.25, -0.2) is 21.7 Å². The van der Waals surface area contributed by atoms with Crippen molar-refractivity contribution in [2.45, 2.75) is 10.4 Å². The molecular formula is C20H18F3NO5S2. The molecule has 31 heavy (non-hydrogen) atoms. The highest BCUT2D eigenvalue weighted by molar-refractivity contribution is 7.90. The van der Waals surface area contributed by atoms with E-state index in [0.717, 1.165) is 22.0 Å². The minimum Gasteiger partial charge on any atom is -0.741 e. The molecule has 0 aliphatic carbocycles. The highest BCUT2D eigenvalue weighted by Crippen LogP contribution is 2.20. The first-order chi connectivity index (χ1) is 14.3. The van der Waals surface area contributed by atoms with Gasteiger partial charge in [0.2, 0.25) is 0 Å². The van der Waals surface area contributed by atoms with Gasteiger partial charge in [-0.3, -0.25) is 0 Å². The standard InChI is InChI=1S/C19H17NO2S.CHF3O3S/c1-23(21,22)19-14-12-18(13-15-19)20(16-8-4-2-5-9-16)17-10-6-3-7-11-17;2-1(3,4)8(5,6)7/h2-15H,1H3;(H,5,6,7). The van der Waals surface area contributed by atoms with Crippen molar-refractivity contribution in [1.29, 1.82) is 0 Å². The van der Waals surface area contributed by atoms with Crippen molar-refractivity contribution in [1.82, 2.24) is 0 Å². The monoisotopic (exact) mass is 473 g/mol. The molecule has 0 radical (unpaired) electrons. The van der Waals surface area contributed by atoms with Crippen molar-refractivity contribution in [3.05, 3.63) is 84.9 Å². The van der Waals surface area contributed by atoms with E-state index in [1.807, 2.05) is 48.5 Å². The summed E-state index contributed by atoms with van der Waals surface area (Å²) < 4.78 is 82.2. The molecule has 0 fully saturated rings. The van der Waals surface area contributed by atoms with Crippen molar-refractivity contribution in [3.8, 4) is 0 Å². The molecule has 0 spiro atoms. The van der Waals surface area contributed by atoms with Gasteiger partial charge in [0.25, 0.3) is 0 Å². The third-order valence-corrected chi connectivity index (χ3v) is 5.67. The Kier molecular flexibility index (Phi) is 7.60. The molecule has 0 atom stereocenters. The van der Waals surface area contributed by atoms with E-state index in [-0.39, 0.29) is 0 Å². The Morgan fingerprint density at radius 3 is 1.29 bits per heavy atom. The molecule has 11 heteroatoms. The van der Waals surface area contributed by atoms with Crippen LogP contribution in [-0.4, -0.2) is 33.2 Å². The minimum atomic E-state index is -6.09. The summed E-state index contributed by atoms with van der Waals surface area (Å²) in [5.74, 6) is 0. The summed E-state index contributed by atoms with van der Waals surface area (Å²) in [5, 5.41) is 0. The van der Waals surface area contributed by atoms with E-state index in [1.54, 1.807) is 12.1 Å². The highest BCUT2D eigenvalue weighted by atomic mass is 32.2. The van der Waals surface area contributed by atoms with Gasteiger partial charge in [0.15, 0.2) is 20.0 Å². The van der Waals surface area contributed by atoms with Crippen LogP contribution in [0, 0.1) is 0 Å². The van der Waals surface area contributed by atoms with Crippen LogP contribution in [0.2, 0.25) is 0 Å². The fourth-order valence-electron chi connectivity index (χ4n) is 2.58. The van der Waals surface area contributed by atoms with E-state index >= 15 is 0 Å². The predicted molar refractivity (Wildman–Crippen MR) is 108 cm³/mol. The average molecular weight is 473 g/mol. The van der Waals surface area contributed by atoms with Gasteiger partial charge in [0, 0.05) is 18.4 Å². The number of alkyl halides is 3. The third-order valence-electron chi connectivity index (χ3n) is 3.98. The number of halogens is 3. The number of hydrogen-bond donors (Lipinski definition) is 1. The van der Waals surface area contributed by atoms with Gasteiger partial charge < -0.3 is 4.55 Å². The largest absolute Gasteiger partial charge is 0.741 e. The molecule has 0 saturated heterocycles. The maximum absolute atomic E-state index is 11.6. The second-order valence-corrected chi connectivity index (χ2v) is 9.69. The second kappa shape index (κ2) is 9.60. The summed E-state index contributed by atoms with van der Waals surface area (Å²) in [5.41, 5.74) is -2.45. The van der Waals surface area contributed by atoms with Crippen LogP contribution in [0.3, 0.4) is 0 Å². The van der Waals surface area contributed by atoms with Crippen LogP contribution in [-0.2, 0) is 20.0 Å². The molecule has 0 aliphatic heterocycles. The molecule has 3 aromatic carbocycles. The maximum Gasteiger partial charge on any atom is 0.485 e. The van der Waals surface area contributed by atoms with Gasteiger partial charge in [-0.15, -0.1) is 0 Å². The van der Waals surface area contributed by atoms with E-state index in [1.165, 1.54) is 6.26 Å². The summed E-state index contributed by atoms with van der Waals surface area (Å²) in [6.07, 6.45) is 1.22. The van der Waals surface area contributed by atoms with Crippen molar-refractivity contribution < 1.29 is 39.5 Å². The van der Waals surface area contributed by atoms with Crippen molar-refractivity contribution in [3.63, 3.8) is 0 Å². The smallest absolute Gasteiger partial charge is 0.485 e. The quantitative estimate of drug-likeness (QED) is 0.463. The molecule has 3 aromatic rings. The molecule has 0 amide bonds. The lowest BCUT2D eigenvalue weighted by Gasteiger charge is -2.18. The average Bonchev–Trinajstić information content (AvgIpc) is 2.69. The van der Waals surface area contributed by atoms with E-state index in [4.69, 9.17) is 13.0 Å². The summed E-state index contributed by atoms with van der Waals surface area (Å²) in [6, 6.07) is 27.3. The number of benzene rings is 3. The molecule has 166 valence electrons. The summed E-state index contributed by atoms with van der Waals surface area (Å²) >= 11 is 0. The van der Waals surface area contributed by atoms with Crippen LogP contribution in [0.4, 0.5) is 30.2 Å². The molecule has 0 saturated carbocycles. The summed E-state index contributed by atoms with van der Waals surface area (Å²) in [6.45, 7) is 0. The Bertz CT molecular complexity index is 1160. The van der Waals surface area contributed by atoms with Gasteiger partial charge >= 0.3 is 5.51 Å². The number of nitrogens with one attached hydrogen (secondary N) is 1. The Morgan fingerprint density at radius 1 is 0.677 bits per heavy atom. The molecule has 6 nitrogen and oxygen atoms in total. The summed E-state index contributed by atoms with van der Waals surface area (Å²) in [4.78, 5) is 1.42. The Morgan fingerprint density at radius 2 is 1.00 bits per heavy atom. The zero-order valence-electron chi connectivity index (χ0n) is 16.1. The Labute approximate surface area is 178 Å². The van der Waals surface area contributed by atoms with Crippen LogP contribution in [0.5, 0.6) is 0 Å². The van der Waals surface area contributed by atoms with Crippen molar-refractivity contribution in [2.24, 2.45) is 0 Å². The van der Waals surface area contributed by atoms with Gasteiger partial charge in [0.1, 0.15) is 17.1 Å². The van der Waals surface area contributed by atoms with Gasteiger partial charge in [0.05, 0.1) is 4.90 Å². The lowest BCUT2D eigenvalue weighted by molar-refractivity contribution is -0.681. The number of sulfone groups is 1. The first-order valence-electron chi connectivity index (χ1n) is 8.61. The zero-order valence-corrected chi connectivity index (χ0v) is 17.7. The highest BCUT2D eigenvalue weighted by Gasteiger charge is 2.36. The van der Waals surface area contributed by atoms with Crippen LogP contribution in [0.1, 0.15) is 0 Å². The Balaban J connectivity index is 0.000000366. The summed E-state index contributed by atoms with van der Waals surface area (Å²) in [7, 11) is -9.27. The van der Waals surface area contributed by atoms with Crippen LogP contribution in [0.25, 0.3) is 0 Å². The van der Waals surface area contributed by atoms with E-state index in [9.17, 15) is 21.6 Å². The van der Waals surface area contributed by atoms with E-state index < -0.39 is 25.5 Å². The van der Waals surface area contributed by atoms with Crippen LogP contribution >= 0.6 is 0 Å². The van der Waals surface area contributed by atoms with Crippen LogP contribution < -0.4 is 4.90 Å². The number of rotatable bonds is 4. The minimum absolute atomic E-state index is 0.335. The van der Waals surface area contributed by atoms with Crippen LogP contribution in [0.15, 0.2) is 89.8 Å². The SMILES string of the molecule is CS(=O)(=O)c1ccc([NH+](c2ccccc2)c2ccccc2)cc1.O=S(=O)([O-])C(F)(F)F. The number of hydrogen-bond acceptors (Lipinski definition) is 5. The molecule has 0 heterocycles. The second-order valence-electron chi connectivity index (χ2n) is 6.30. The molecule has 0 aromatic heterocycles. The number of quaternary nitrogens is 1. The fourth-order valence-corrected chi connectivity index (χ4v) is 3.21. The van der Waals surface area contributed by atoms with Gasteiger partial charge in [-0.05, 0) is 36.4 Å². The number of para-hydroxylation sites is 2. The fraction of sp³-hybridized carbons (Fsp3) is 0.100. The molecule has 0 unspecified atom stereocenters. The maximum atomic E-state index is 11.6. The van der Waals surface area contributed by atoms with E-state index in [0.29, 0.717) is 4.90 Å². The zero-order chi connectivity index (χ0) is 23.3. The molecule has 0 bridgehead atoms. The van der Waals surface area contributed by atoms with Crippen molar-refractivity contribution in [2.75, 3.05) is 6.26 Å². The normalized spacial score (nSPS) is 12.2. The molecular weight excluding hydrogens is 455 g/mol. The predicted octanol–water partition coefficient (Wildman–Crippen LogP) is 3.32. The van der Waals surface area contributed by atoms with E-state index in [2.05, 4.69) is 24.3 Å².